The number of unbranched alkanes of at least 4 members (excludes halogenated alkanes) is 38. The number of phosphoric acid groups is 2. The van der Waals surface area contributed by atoms with Crippen LogP contribution in [0.2, 0.25) is 0 Å². The number of carbonyl (C=O) groups excluding carboxylic acids is 4. The van der Waals surface area contributed by atoms with Crippen molar-refractivity contribution in [2.45, 2.75) is 395 Å². The highest BCUT2D eigenvalue weighted by atomic mass is 31.2. The summed E-state index contributed by atoms with van der Waals surface area (Å²) in [6.45, 7) is 14.1. The summed E-state index contributed by atoms with van der Waals surface area (Å²) in [6.07, 6.45) is 49.0. The maximum absolute atomic E-state index is 13.1. The summed E-state index contributed by atoms with van der Waals surface area (Å²) in [4.78, 5) is 72.7. The largest absolute Gasteiger partial charge is 0.472 e. The van der Waals surface area contributed by atoms with Gasteiger partial charge in [-0.05, 0) is 49.4 Å². The lowest BCUT2D eigenvalue weighted by Crippen LogP contribution is -2.30. The molecule has 0 rings (SSSR count). The third kappa shape index (κ3) is 68.6. The standard InChI is InChI=1S/C75H146O17P2/c1-65(2)51-43-35-27-21-17-15-13-11-9-10-12-14-16-18-23-30-39-47-55-72(77)85-61-70(91-74(79)57-49-41-31-24-20-19-22-28-36-44-52-66(3)4)63-89-93(81,82)87-59-69(76)60-88-94(83,84)90-64-71(62-86-73(78)56-48-40-34-33-38-46-54-68(7)8)92-75(80)58-50-42-32-26-25-29-37-45-53-67(5)6/h65-71,76H,9-64H2,1-8H3,(H,81,82)(H,83,84)/t69-,70-,71-/m1/s1. The topological polar surface area (TPSA) is 237 Å². The van der Waals surface area contributed by atoms with Crippen molar-refractivity contribution in [3.05, 3.63) is 0 Å². The van der Waals surface area contributed by atoms with E-state index in [0.29, 0.717) is 31.6 Å². The Morgan fingerprint density at radius 1 is 0.266 bits per heavy atom. The normalized spacial score (nSPS) is 14.2. The number of hydrogen-bond acceptors (Lipinski definition) is 15. The van der Waals surface area contributed by atoms with Gasteiger partial charge in [0.05, 0.1) is 26.4 Å². The summed E-state index contributed by atoms with van der Waals surface area (Å²) in [6, 6.07) is 0. The second-order valence-corrected chi connectivity index (χ2v) is 31.9. The van der Waals surface area contributed by atoms with Crippen LogP contribution in [0.5, 0.6) is 0 Å². The van der Waals surface area contributed by atoms with Gasteiger partial charge >= 0.3 is 39.5 Å². The minimum atomic E-state index is -4.96. The number of ether oxygens (including phenoxy) is 4. The molecule has 0 amide bonds. The molecule has 0 aromatic carbocycles. The van der Waals surface area contributed by atoms with Crippen LogP contribution in [0.4, 0.5) is 0 Å². The number of rotatable bonds is 72. The first-order chi connectivity index (χ1) is 45.1. The molecule has 0 aliphatic rings. The molecular formula is C75H146O17P2. The summed E-state index contributed by atoms with van der Waals surface area (Å²) in [5.41, 5.74) is 0. The molecule has 0 radical (unpaired) electrons. The number of aliphatic hydroxyl groups is 1. The fourth-order valence-electron chi connectivity index (χ4n) is 11.4. The molecule has 5 atom stereocenters. The van der Waals surface area contributed by atoms with Crippen LogP contribution in [0, 0.1) is 23.7 Å². The van der Waals surface area contributed by atoms with E-state index in [2.05, 4.69) is 55.4 Å². The van der Waals surface area contributed by atoms with E-state index in [1.807, 2.05) is 0 Å². The third-order valence-electron chi connectivity index (χ3n) is 17.3. The molecule has 0 aliphatic heterocycles. The molecule has 94 heavy (non-hydrogen) atoms. The molecule has 0 bridgehead atoms. The molecule has 0 aromatic heterocycles. The van der Waals surface area contributed by atoms with Crippen LogP contribution in [-0.4, -0.2) is 96.7 Å². The summed E-state index contributed by atoms with van der Waals surface area (Å²) in [5.74, 6) is 0.846. The lowest BCUT2D eigenvalue weighted by atomic mass is 10.0. The fourth-order valence-corrected chi connectivity index (χ4v) is 13.0. The lowest BCUT2D eigenvalue weighted by molar-refractivity contribution is -0.161. The Morgan fingerprint density at radius 3 is 0.660 bits per heavy atom. The van der Waals surface area contributed by atoms with Crippen molar-refractivity contribution < 1.29 is 80.2 Å². The summed E-state index contributed by atoms with van der Waals surface area (Å²) >= 11 is 0. The molecule has 0 saturated heterocycles. The molecule has 17 nitrogen and oxygen atoms in total. The monoisotopic (exact) mass is 1380 g/mol. The van der Waals surface area contributed by atoms with E-state index in [9.17, 15) is 43.2 Å². The molecule has 19 heteroatoms. The van der Waals surface area contributed by atoms with Crippen molar-refractivity contribution in [2.24, 2.45) is 23.7 Å². The van der Waals surface area contributed by atoms with Gasteiger partial charge in [0.2, 0.25) is 0 Å². The quantitative estimate of drug-likeness (QED) is 0.0222. The Labute approximate surface area is 575 Å². The summed E-state index contributed by atoms with van der Waals surface area (Å²) < 4.78 is 68.4. The predicted octanol–water partition coefficient (Wildman–Crippen LogP) is 21.7. The van der Waals surface area contributed by atoms with Crippen molar-refractivity contribution in [1.82, 2.24) is 0 Å². The van der Waals surface area contributed by atoms with E-state index in [-0.39, 0.29) is 25.7 Å². The molecule has 0 fully saturated rings. The van der Waals surface area contributed by atoms with Crippen molar-refractivity contribution in [1.29, 1.82) is 0 Å². The Bertz CT molecular complexity index is 1850. The third-order valence-corrected chi connectivity index (χ3v) is 19.2. The number of aliphatic hydroxyl groups excluding tert-OH is 1. The molecule has 0 saturated carbocycles. The van der Waals surface area contributed by atoms with Gasteiger partial charge in [0, 0.05) is 25.7 Å². The number of hydrogen-bond donors (Lipinski definition) is 3. The van der Waals surface area contributed by atoms with E-state index >= 15 is 0 Å². The van der Waals surface area contributed by atoms with Gasteiger partial charge in [-0.15, -0.1) is 0 Å². The zero-order chi connectivity index (χ0) is 69.6. The van der Waals surface area contributed by atoms with E-state index in [0.717, 1.165) is 114 Å². The Hall–Kier alpha value is -1.94. The van der Waals surface area contributed by atoms with Crippen LogP contribution in [0.25, 0.3) is 0 Å². The zero-order valence-corrected chi connectivity index (χ0v) is 63.4. The second-order valence-electron chi connectivity index (χ2n) is 28.9. The van der Waals surface area contributed by atoms with Crippen LogP contribution < -0.4 is 0 Å². The van der Waals surface area contributed by atoms with Gasteiger partial charge in [0.15, 0.2) is 12.2 Å². The van der Waals surface area contributed by atoms with Crippen LogP contribution in [-0.2, 0) is 65.4 Å². The maximum Gasteiger partial charge on any atom is 0.472 e. The van der Waals surface area contributed by atoms with Crippen LogP contribution in [0.15, 0.2) is 0 Å². The van der Waals surface area contributed by atoms with Gasteiger partial charge in [-0.1, -0.05) is 325 Å². The smallest absolute Gasteiger partial charge is 0.462 e. The number of phosphoric ester groups is 2. The summed E-state index contributed by atoms with van der Waals surface area (Å²) in [5, 5.41) is 10.6. The van der Waals surface area contributed by atoms with Gasteiger partial charge in [-0.3, -0.25) is 37.3 Å². The van der Waals surface area contributed by atoms with Crippen molar-refractivity contribution >= 4 is 39.5 Å². The van der Waals surface area contributed by atoms with Gasteiger partial charge in [0.25, 0.3) is 0 Å². The highest BCUT2D eigenvalue weighted by molar-refractivity contribution is 7.47. The molecule has 0 spiro atoms. The van der Waals surface area contributed by atoms with E-state index < -0.39 is 97.5 Å². The SMILES string of the molecule is CC(C)CCCCCCCCCCCCCCCCCCCCC(=O)OC[C@H](COP(=O)(O)OC[C@@H](O)COP(=O)(O)OC[C@@H](COC(=O)CCCCCCCCC(C)C)OC(=O)CCCCCCCCCCC(C)C)OC(=O)CCCCCCCCCCCCC(C)C. The van der Waals surface area contributed by atoms with Crippen LogP contribution in [0.3, 0.4) is 0 Å². The first kappa shape index (κ1) is 92.1. The zero-order valence-electron chi connectivity index (χ0n) is 61.6. The highest BCUT2D eigenvalue weighted by Gasteiger charge is 2.30. The van der Waals surface area contributed by atoms with Gasteiger partial charge in [0.1, 0.15) is 19.3 Å². The minimum absolute atomic E-state index is 0.103. The average Bonchev–Trinajstić information content (AvgIpc) is 1.16. The Balaban J connectivity index is 5.17. The van der Waals surface area contributed by atoms with Gasteiger partial charge < -0.3 is 33.8 Å². The van der Waals surface area contributed by atoms with E-state index in [1.54, 1.807) is 0 Å². The molecule has 2 unspecified atom stereocenters. The van der Waals surface area contributed by atoms with Crippen LogP contribution in [0.1, 0.15) is 376 Å². The molecular weight excluding hydrogens is 1230 g/mol. The van der Waals surface area contributed by atoms with E-state index in [1.165, 1.54) is 173 Å². The average molecular weight is 1380 g/mol. The highest BCUT2D eigenvalue weighted by Crippen LogP contribution is 2.45. The van der Waals surface area contributed by atoms with Crippen molar-refractivity contribution in [3.63, 3.8) is 0 Å². The first-order valence-corrected chi connectivity index (χ1v) is 41.7. The van der Waals surface area contributed by atoms with E-state index in [4.69, 9.17) is 37.0 Å². The molecule has 0 aromatic rings. The number of carbonyl (C=O) groups is 4. The Morgan fingerprint density at radius 2 is 0.447 bits per heavy atom. The maximum atomic E-state index is 13.1. The summed E-state index contributed by atoms with van der Waals surface area (Å²) in [7, 11) is -9.91. The second kappa shape index (κ2) is 64.4. The molecule has 3 N–H and O–H groups in total. The van der Waals surface area contributed by atoms with Crippen LogP contribution >= 0.6 is 15.6 Å². The Kier molecular flexibility index (Phi) is 63.1. The number of esters is 4. The fraction of sp³-hybridized carbons (Fsp3) is 0.947. The predicted molar refractivity (Wildman–Crippen MR) is 381 cm³/mol. The van der Waals surface area contributed by atoms with Crippen molar-refractivity contribution in [3.8, 4) is 0 Å². The minimum Gasteiger partial charge on any atom is -0.462 e. The first-order valence-electron chi connectivity index (χ1n) is 38.7. The molecule has 0 aliphatic carbocycles. The van der Waals surface area contributed by atoms with Crippen molar-refractivity contribution in [2.75, 3.05) is 39.6 Å². The van der Waals surface area contributed by atoms with Gasteiger partial charge in [-0.2, -0.15) is 0 Å². The molecule has 558 valence electrons. The molecule has 0 heterocycles. The lowest BCUT2D eigenvalue weighted by Gasteiger charge is -2.21. The van der Waals surface area contributed by atoms with Gasteiger partial charge in [-0.25, -0.2) is 9.13 Å².